The van der Waals surface area contributed by atoms with Crippen molar-refractivity contribution in [3.8, 4) is 5.75 Å². The SMILES string of the molecule is COc1ccc(C2(C(=O)O)CC2)cc1C(C)(F)F. The van der Waals surface area contributed by atoms with Gasteiger partial charge in [-0.2, -0.15) is 0 Å². The maximum Gasteiger partial charge on any atom is 0.314 e. The van der Waals surface area contributed by atoms with E-state index in [2.05, 4.69) is 0 Å². The lowest BCUT2D eigenvalue weighted by atomic mass is 9.93. The second-order valence-electron chi connectivity index (χ2n) is 4.69. The van der Waals surface area contributed by atoms with Crippen LogP contribution in [0.15, 0.2) is 18.2 Å². The van der Waals surface area contributed by atoms with E-state index < -0.39 is 17.3 Å². The summed E-state index contributed by atoms with van der Waals surface area (Å²) in [5.74, 6) is -3.94. The van der Waals surface area contributed by atoms with Crippen molar-refractivity contribution >= 4 is 5.97 Å². The van der Waals surface area contributed by atoms with Crippen molar-refractivity contribution in [2.45, 2.75) is 31.1 Å². The summed E-state index contributed by atoms with van der Waals surface area (Å²) in [5, 5.41) is 9.16. The number of carboxylic acids is 1. The van der Waals surface area contributed by atoms with Crippen molar-refractivity contribution in [2.75, 3.05) is 7.11 Å². The number of hydrogen-bond donors (Lipinski definition) is 1. The molecule has 5 heteroatoms. The van der Waals surface area contributed by atoms with Gasteiger partial charge in [-0.15, -0.1) is 0 Å². The maximum atomic E-state index is 13.5. The standard InChI is InChI=1S/C13H14F2O3/c1-12(14,15)9-7-8(3-4-10(9)18-2)13(5-6-13)11(16)17/h3-4,7H,5-6H2,1-2H3,(H,16,17). The topological polar surface area (TPSA) is 46.5 Å². The molecule has 0 bridgehead atoms. The summed E-state index contributed by atoms with van der Waals surface area (Å²) in [6.45, 7) is 0.773. The van der Waals surface area contributed by atoms with E-state index >= 15 is 0 Å². The summed E-state index contributed by atoms with van der Waals surface area (Å²) in [6, 6.07) is 4.21. The van der Waals surface area contributed by atoms with E-state index in [1.165, 1.54) is 19.2 Å². The Labute approximate surface area is 103 Å². The third-order valence-electron chi connectivity index (χ3n) is 3.38. The number of halogens is 2. The van der Waals surface area contributed by atoms with Gasteiger partial charge in [0.15, 0.2) is 0 Å². The highest BCUT2D eigenvalue weighted by molar-refractivity contribution is 5.85. The molecular weight excluding hydrogens is 242 g/mol. The van der Waals surface area contributed by atoms with Crippen LogP contribution in [0.4, 0.5) is 8.78 Å². The molecule has 1 fully saturated rings. The molecule has 0 heterocycles. The molecular formula is C13H14F2O3. The highest BCUT2D eigenvalue weighted by Crippen LogP contribution is 2.50. The summed E-state index contributed by atoms with van der Waals surface area (Å²) in [6.07, 6.45) is 0.979. The number of carbonyl (C=O) groups is 1. The maximum absolute atomic E-state index is 13.5. The van der Waals surface area contributed by atoms with Gasteiger partial charge in [0, 0.05) is 6.92 Å². The molecule has 0 unspecified atom stereocenters. The molecule has 1 aliphatic carbocycles. The second-order valence-corrected chi connectivity index (χ2v) is 4.69. The van der Waals surface area contributed by atoms with Crippen molar-refractivity contribution in [2.24, 2.45) is 0 Å². The number of methoxy groups -OCH3 is 1. The van der Waals surface area contributed by atoms with E-state index in [1.807, 2.05) is 0 Å². The van der Waals surface area contributed by atoms with Gasteiger partial charge >= 0.3 is 5.97 Å². The van der Waals surface area contributed by atoms with Crippen LogP contribution in [-0.4, -0.2) is 18.2 Å². The van der Waals surface area contributed by atoms with E-state index in [-0.39, 0.29) is 11.3 Å². The van der Waals surface area contributed by atoms with E-state index in [1.54, 1.807) is 6.07 Å². The van der Waals surface area contributed by atoms with Crippen LogP contribution in [-0.2, 0) is 16.1 Å². The van der Waals surface area contributed by atoms with E-state index in [0.717, 1.165) is 6.92 Å². The van der Waals surface area contributed by atoms with E-state index in [9.17, 15) is 13.6 Å². The van der Waals surface area contributed by atoms with Gasteiger partial charge in [0.25, 0.3) is 5.92 Å². The summed E-state index contributed by atoms with van der Waals surface area (Å²) in [5.41, 5.74) is -0.825. The number of hydrogen-bond acceptors (Lipinski definition) is 2. The summed E-state index contributed by atoms with van der Waals surface area (Å²) in [7, 11) is 1.31. The average Bonchev–Trinajstić information content (AvgIpc) is 3.08. The van der Waals surface area contributed by atoms with Gasteiger partial charge in [-0.25, -0.2) is 8.78 Å². The molecule has 0 amide bonds. The van der Waals surface area contributed by atoms with Gasteiger partial charge in [0.05, 0.1) is 18.1 Å². The zero-order valence-electron chi connectivity index (χ0n) is 10.2. The molecule has 0 aromatic heterocycles. The predicted octanol–water partition coefficient (Wildman–Crippen LogP) is 2.92. The number of alkyl halides is 2. The van der Waals surface area contributed by atoms with Gasteiger partial charge in [0.2, 0.25) is 0 Å². The Balaban J connectivity index is 2.51. The Morgan fingerprint density at radius 2 is 2.06 bits per heavy atom. The van der Waals surface area contributed by atoms with Crippen LogP contribution in [0, 0.1) is 0 Å². The van der Waals surface area contributed by atoms with Crippen molar-refractivity contribution < 1.29 is 23.4 Å². The Bertz CT molecular complexity index is 487. The summed E-state index contributed by atoms with van der Waals surface area (Å²) >= 11 is 0. The Hall–Kier alpha value is -1.65. The zero-order chi connectivity index (χ0) is 13.6. The number of rotatable bonds is 4. The first-order valence-electron chi connectivity index (χ1n) is 5.61. The van der Waals surface area contributed by atoms with Crippen LogP contribution in [0.3, 0.4) is 0 Å². The molecule has 98 valence electrons. The minimum absolute atomic E-state index is 0.0763. The van der Waals surface area contributed by atoms with Gasteiger partial charge < -0.3 is 9.84 Å². The van der Waals surface area contributed by atoms with Crippen LogP contribution in [0.25, 0.3) is 0 Å². The first-order valence-corrected chi connectivity index (χ1v) is 5.61. The average molecular weight is 256 g/mol. The highest BCUT2D eigenvalue weighted by atomic mass is 19.3. The fourth-order valence-corrected chi connectivity index (χ4v) is 2.10. The molecule has 1 aromatic rings. The van der Waals surface area contributed by atoms with Crippen LogP contribution in [0.2, 0.25) is 0 Å². The summed E-state index contributed by atoms with van der Waals surface area (Å²) < 4.78 is 31.8. The highest BCUT2D eigenvalue weighted by Gasteiger charge is 2.52. The van der Waals surface area contributed by atoms with Crippen molar-refractivity contribution in [1.82, 2.24) is 0 Å². The Kier molecular flexibility index (Phi) is 2.80. The fraction of sp³-hybridized carbons (Fsp3) is 0.462. The molecule has 2 rings (SSSR count). The van der Waals surface area contributed by atoms with Gasteiger partial charge in [-0.3, -0.25) is 4.79 Å². The van der Waals surface area contributed by atoms with Crippen LogP contribution in [0.1, 0.15) is 30.9 Å². The van der Waals surface area contributed by atoms with Crippen LogP contribution >= 0.6 is 0 Å². The van der Waals surface area contributed by atoms with Crippen LogP contribution < -0.4 is 4.74 Å². The third-order valence-corrected chi connectivity index (χ3v) is 3.38. The molecule has 0 radical (unpaired) electrons. The fourth-order valence-electron chi connectivity index (χ4n) is 2.10. The quantitative estimate of drug-likeness (QED) is 0.901. The second kappa shape index (κ2) is 3.93. The van der Waals surface area contributed by atoms with Gasteiger partial charge in [0.1, 0.15) is 5.75 Å². The number of carboxylic acid groups (broad SMARTS) is 1. The molecule has 0 atom stereocenters. The smallest absolute Gasteiger partial charge is 0.314 e. The summed E-state index contributed by atoms with van der Waals surface area (Å²) in [4.78, 5) is 11.2. The molecule has 1 aliphatic rings. The molecule has 0 aliphatic heterocycles. The molecule has 0 spiro atoms. The lowest BCUT2D eigenvalue weighted by Gasteiger charge is -2.18. The minimum Gasteiger partial charge on any atom is -0.496 e. The molecule has 3 nitrogen and oxygen atoms in total. The number of ether oxygens (including phenoxy) is 1. The lowest BCUT2D eigenvalue weighted by Crippen LogP contribution is -2.20. The van der Waals surface area contributed by atoms with E-state index in [0.29, 0.717) is 18.4 Å². The largest absolute Gasteiger partial charge is 0.496 e. The van der Waals surface area contributed by atoms with E-state index in [4.69, 9.17) is 9.84 Å². The first kappa shape index (κ1) is 12.8. The third kappa shape index (κ3) is 1.94. The van der Waals surface area contributed by atoms with Crippen molar-refractivity contribution in [3.63, 3.8) is 0 Å². The predicted molar refractivity (Wildman–Crippen MR) is 61.1 cm³/mol. The lowest BCUT2D eigenvalue weighted by molar-refractivity contribution is -0.140. The monoisotopic (exact) mass is 256 g/mol. The van der Waals surface area contributed by atoms with Gasteiger partial charge in [-0.1, -0.05) is 6.07 Å². The van der Waals surface area contributed by atoms with Crippen molar-refractivity contribution in [1.29, 1.82) is 0 Å². The molecule has 1 aromatic carbocycles. The normalized spacial score (nSPS) is 17.3. The van der Waals surface area contributed by atoms with Gasteiger partial charge in [-0.05, 0) is 30.5 Å². The number of aliphatic carboxylic acids is 1. The van der Waals surface area contributed by atoms with Crippen LogP contribution in [0.5, 0.6) is 5.75 Å². The van der Waals surface area contributed by atoms with Crippen molar-refractivity contribution in [3.05, 3.63) is 29.3 Å². The Morgan fingerprint density at radius 1 is 1.44 bits per heavy atom. The zero-order valence-corrected chi connectivity index (χ0v) is 10.2. The number of benzene rings is 1. The minimum atomic E-state index is -3.06. The molecule has 18 heavy (non-hydrogen) atoms. The molecule has 0 saturated heterocycles. The molecule has 1 saturated carbocycles. The molecule has 1 N–H and O–H groups in total. The first-order chi connectivity index (χ1) is 8.31. The Morgan fingerprint density at radius 3 is 2.44 bits per heavy atom.